The lowest BCUT2D eigenvalue weighted by molar-refractivity contribution is -0.140. The number of nitrogens with zero attached hydrogens (tertiary/aromatic N) is 2. The van der Waals surface area contributed by atoms with Crippen LogP contribution in [-0.2, 0) is 21.6 Å². The summed E-state index contributed by atoms with van der Waals surface area (Å²) < 4.78 is 6.24. The third-order valence-electron chi connectivity index (χ3n) is 6.22. The first-order valence-electron chi connectivity index (χ1n) is 10.5. The molecule has 2 amide bonds. The van der Waals surface area contributed by atoms with Crippen molar-refractivity contribution in [2.75, 3.05) is 39.3 Å². The van der Waals surface area contributed by atoms with Gasteiger partial charge in [-0.2, -0.15) is 0 Å². The van der Waals surface area contributed by atoms with Gasteiger partial charge in [-0.3, -0.25) is 9.59 Å². The first-order valence-corrected chi connectivity index (χ1v) is 11.3. The number of hydrogen-bond acceptors (Lipinski definition) is 5. The van der Waals surface area contributed by atoms with Gasteiger partial charge in [-0.25, -0.2) is 0 Å². The zero-order valence-corrected chi connectivity index (χ0v) is 17.9. The minimum Gasteiger partial charge on any atom is -0.370 e. The topological polar surface area (TPSA) is 61.9 Å². The van der Waals surface area contributed by atoms with E-state index >= 15 is 0 Å². The Bertz CT molecular complexity index is 754. The van der Waals surface area contributed by atoms with E-state index in [4.69, 9.17) is 4.74 Å². The quantitative estimate of drug-likeness (QED) is 0.838. The van der Waals surface area contributed by atoms with Gasteiger partial charge in [-0.05, 0) is 50.4 Å². The molecule has 1 aromatic rings. The molecule has 1 aromatic heterocycles. The molecule has 154 valence electrons. The molecule has 0 saturated carbocycles. The second-order valence-corrected chi connectivity index (χ2v) is 9.78. The molecule has 3 aliphatic heterocycles. The van der Waals surface area contributed by atoms with Crippen LogP contribution in [0.3, 0.4) is 0 Å². The molecular formula is C21H31N3O3S. The lowest BCUT2D eigenvalue weighted by Gasteiger charge is -2.40. The highest BCUT2D eigenvalue weighted by atomic mass is 32.1. The number of nitrogens with one attached hydrogen (secondary N) is 1. The van der Waals surface area contributed by atoms with Crippen molar-refractivity contribution >= 4 is 23.2 Å². The predicted molar refractivity (Wildman–Crippen MR) is 110 cm³/mol. The minimum absolute atomic E-state index is 0.00599. The van der Waals surface area contributed by atoms with Crippen molar-refractivity contribution in [1.29, 1.82) is 0 Å². The molecule has 1 spiro atoms. The fraction of sp³-hybridized carbons (Fsp3) is 0.714. The molecule has 1 N–H and O–H groups in total. The van der Waals surface area contributed by atoms with E-state index in [1.807, 2.05) is 11.8 Å². The SMILES string of the molecule is CC(C)CN1CCN(C(=O)c2cc3c(s2)CCOC32CCNCC2)C(C)C1=O. The summed E-state index contributed by atoms with van der Waals surface area (Å²) in [7, 11) is 0. The number of piperidine rings is 1. The van der Waals surface area contributed by atoms with Crippen LogP contribution in [0.25, 0.3) is 0 Å². The standard InChI is InChI=1S/C21H31N3O3S/c1-14(2)13-23-9-10-24(15(3)19(23)25)20(26)18-12-16-17(28-18)4-11-27-21(16)5-7-22-8-6-21/h12,14-15,22H,4-11,13H2,1-3H3. The summed E-state index contributed by atoms with van der Waals surface area (Å²) in [5.74, 6) is 0.491. The van der Waals surface area contributed by atoms with Gasteiger partial charge in [0, 0.05) is 30.9 Å². The maximum Gasteiger partial charge on any atom is 0.264 e. The second kappa shape index (κ2) is 7.76. The van der Waals surface area contributed by atoms with Crippen LogP contribution in [0, 0.1) is 5.92 Å². The molecule has 0 aromatic carbocycles. The van der Waals surface area contributed by atoms with E-state index in [-0.39, 0.29) is 17.4 Å². The van der Waals surface area contributed by atoms with Crippen molar-refractivity contribution in [3.63, 3.8) is 0 Å². The van der Waals surface area contributed by atoms with Gasteiger partial charge in [0.1, 0.15) is 6.04 Å². The molecule has 0 aliphatic carbocycles. The van der Waals surface area contributed by atoms with Gasteiger partial charge in [-0.1, -0.05) is 13.8 Å². The van der Waals surface area contributed by atoms with Crippen LogP contribution < -0.4 is 5.32 Å². The first kappa shape index (κ1) is 19.9. The zero-order chi connectivity index (χ0) is 19.9. The molecule has 28 heavy (non-hydrogen) atoms. The molecule has 2 saturated heterocycles. The molecule has 0 bridgehead atoms. The number of amides is 2. The number of hydrogen-bond donors (Lipinski definition) is 1. The van der Waals surface area contributed by atoms with E-state index in [9.17, 15) is 9.59 Å². The minimum atomic E-state index is -0.400. The average molecular weight is 406 g/mol. The van der Waals surface area contributed by atoms with Crippen LogP contribution >= 0.6 is 11.3 Å². The third kappa shape index (κ3) is 3.48. The summed E-state index contributed by atoms with van der Waals surface area (Å²) >= 11 is 1.60. The van der Waals surface area contributed by atoms with E-state index in [2.05, 4.69) is 25.2 Å². The summed E-state index contributed by atoms with van der Waals surface area (Å²) in [6.45, 7) is 10.7. The maximum atomic E-state index is 13.3. The zero-order valence-electron chi connectivity index (χ0n) is 17.1. The Hall–Kier alpha value is -1.44. The summed E-state index contributed by atoms with van der Waals surface area (Å²) in [4.78, 5) is 31.7. The Morgan fingerprint density at radius 3 is 2.82 bits per heavy atom. The number of carbonyl (C=O) groups excluding carboxylic acids is 2. The van der Waals surface area contributed by atoms with Crippen molar-refractivity contribution in [3.05, 3.63) is 21.4 Å². The number of carbonyl (C=O) groups is 2. The van der Waals surface area contributed by atoms with Crippen molar-refractivity contribution in [3.8, 4) is 0 Å². The van der Waals surface area contributed by atoms with Crippen molar-refractivity contribution in [2.24, 2.45) is 5.92 Å². The highest BCUT2D eigenvalue weighted by Crippen LogP contribution is 2.43. The van der Waals surface area contributed by atoms with Gasteiger partial charge in [0.05, 0.1) is 17.1 Å². The van der Waals surface area contributed by atoms with Gasteiger partial charge in [-0.15, -0.1) is 11.3 Å². The van der Waals surface area contributed by atoms with E-state index in [1.54, 1.807) is 16.2 Å². The highest BCUT2D eigenvalue weighted by molar-refractivity contribution is 7.14. The van der Waals surface area contributed by atoms with Crippen molar-refractivity contribution < 1.29 is 14.3 Å². The normalized spacial score (nSPS) is 24.7. The fourth-order valence-corrected chi connectivity index (χ4v) is 5.92. The van der Waals surface area contributed by atoms with E-state index in [0.29, 0.717) is 19.0 Å². The molecule has 0 radical (unpaired) electrons. The lowest BCUT2D eigenvalue weighted by atomic mass is 9.83. The molecule has 4 rings (SSSR count). The largest absolute Gasteiger partial charge is 0.370 e. The monoisotopic (exact) mass is 405 g/mol. The van der Waals surface area contributed by atoms with Crippen molar-refractivity contribution in [2.45, 2.75) is 51.7 Å². The van der Waals surface area contributed by atoms with Gasteiger partial charge >= 0.3 is 0 Å². The fourth-order valence-electron chi connectivity index (χ4n) is 4.74. The lowest BCUT2D eigenvalue weighted by Crippen LogP contribution is -2.58. The second-order valence-electron chi connectivity index (χ2n) is 8.64. The summed E-state index contributed by atoms with van der Waals surface area (Å²) in [6, 6.07) is 1.66. The van der Waals surface area contributed by atoms with Crippen LogP contribution in [0.4, 0.5) is 0 Å². The molecule has 1 atom stereocenters. The summed E-state index contributed by atoms with van der Waals surface area (Å²) in [6.07, 6.45) is 2.78. The summed E-state index contributed by atoms with van der Waals surface area (Å²) in [5, 5.41) is 3.40. The Labute approximate surface area is 171 Å². The van der Waals surface area contributed by atoms with Gasteiger partial charge < -0.3 is 19.9 Å². The number of rotatable bonds is 3. The molecule has 4 heterocycles. The van der Waals surface area contributed by atoms with Gasteiger partial charge in [0.25, 0.3) is 5.91 Å². The number of fused-ring (bicyclic) bond motifs is 2. The van der Waals surface area contributed by atoms with E-state index < -0.39 is 6.04 Å². The van der Waals surface area contributed by atoms with Gasteiger partial charge in [0.2, 0.25) is 5.91 Å². The molecule has 2 fully saturated rings. The Morgan fingerprint density at radius 1 is 1.36 bits per heavy atom. The third-order valence-corrected chi connectivity index (χ3v) is 7.41. The number of thiophene rings is 1. The molecule has 3 aliphatic rings. The maximum absolute atomic E-state index is 13.3. The van der Waals surface area contributed by atoms with E-state index in [0.717, 1.165) is 50.4 Å². The Balaban J connectivity index is 1.54. The average Bonchev–Trinajstić information content (AvgIpc) is 3.12. The Morgan fingerprint density at radius 2 is 2.11 bits per heavy atom. The smallest absolute Gasteiger partial charge is 0.264 e. The van der Waals surface area contributed by atoms with E-state index in [1.165, 1.54) is 10.4 Å². The molecule has 6 nitrogen and oxygen atoms in total. The number of piperazine rings is 1. The summed E-state index contributed by atoms with van der Waals surface area (Å²) in [5.41, 5.74) is 0.983. The van der Waals surface area contributed by atoms with Crippen LogP contribution in [-0.4, -0.2) is 67.0 Å². The van der Waals surface area contributed by atoms with Crippen LogP contribution in [0.1, 0.15) is 53.7 Å². The molecular weight excluding hydrogens is 374 g/mol. The van der Waals surface area contributed by atoms with Crippen molar-refractivity contribution in [1.82, 2.24) is 15.1 Å². The van der Waals surface area contributed by atoms with Gasteiger partial charge in [0.15, 0.2) is 0 Å². The van der Waals surface area contributed by atoms with Crippen LogP contribution in [0.5, 0.6) is 0 Å². The first-order chi connectivity index (χ1) is 13.4. The highest BCUT2D eigenvalue weighted by Gasteiger charge is 2.42. The predicted octanol–water partition coefficient (Wildman–Crippen LogP) is 2.23. The van der Waals surface area contributed by atoms with Crippen LogP contribution in [0.2, 0.25) is 0 Å². The van der Waals surface area contributed by atoms with Crippen LogP contribution in [0.15, 0.2) is 6.07 Å². The Kier molecular flexibility index (Phi) is 5.51. The molecule has 7 heteroatoms. The number of ether oxygens (including phenoxy) is 1. The molecule has 1 unspecified atom stereocenters.